The van der Waals surface area contributed by atoms with Crippen molar-refractivity contribution in [2.24, 2.45) is 13.0 Å². The van der Waals surface area contributed by atoms with Crippen LogP contribution < -0.4 is 10.3 Å². The summed E-state index contributed by atoms with van der Waals surface area (Å²) in [5.74, 6) is 0.881. The molecule has 0 amide bonds. The number of rotatable bonds is 5. The van der Waals surface area contributed by atoms with Gasteiger partial charge in [0.15, 0.2) is 5.82 Å². The van der Waals surface area contributed by atoms with Crippen molar-refractivity contribution < 1.29 is 8.42 Å². The Morgan fingerprint density at radius 1 is 1.25 bits per heavy atom. The molecule has 3 heterocycles. The standard InChI is InChI=1S/C19H23N5O3S/c1-11-7-14(10-23(3)19(11)25)15-8-16-17(18(20-15)22-28(4,26)27)12(2)21-24(16)9-13-5-6-13/h7-8,10,13H,5-6,9H2,1-4H3,(H,20,22). The number of nitrogens with zero attached hydrogens (tertiary/aromatic N) is 4. The first kappa shape index (κ1) is 18.7. The zero-order valence-corrected chi connectivity index (χ0v) is 17.2. The molecule has 0 unspecified atom stereocenters. The maximum absolute atomic E-state index is 12.0. The van der Waals surface area contributed by atoms with E-state index < -0.39 is 10.0 Å². The van der Waals surface area contributed by atoms with Gasteiger partial charge in [0, 0.05) is 30.9 Å². The van der Waals surface area contributed by atoms with E-state index in [-0.39, 0.29) is 11.4 Å². The van der Waals surface area contributed by atoms with Gasteiger partial charge >= 0.3 is 0 Å². The molecule has 1 aliphatic carbocycles. The van der Waals surface area contributed by atoms with Crippen molar-refractivity contribution in [3.05, 3.63) is 39.9 Å². The monoisotopic (exact) mass is 401 g/mol. The molecule has 0 bridgehead atoms. The van der Waals surface area contributed by atoms with Crippen molar-refractivity contribution in [1.29, 1.82) is 0 Å². The maximum atomic E-state index is 12.0. The SMILES string of the molecule is Cc1cc(-c2cc3c(c(C)nn3CC3CC3)c(NS(C)(=O)=O)n2)cn(C)c1=O. The Morgan fingerprint density at radius 2 is 1.96 bits per heavy atom. The molecule has 4 rings (SSSR count). The molecule has 0 saturated heterocycles. The molecular weight excluding hydrogens is 378 g/mol. The molecule has 1 aliphatic rings. The van der Waals surface area contributed by atoms with Crippen LogP contribution in [-0.4, -0.2) is 34.0 Å². The lowest BCUT2D eigenvalue weighted by Crippen LogP contribution is -2.18. The largest absolute Gasteiger partial charge is 0.318 e. The highest BCUT2D eigenvalue weighted by atomic mass is 32.2. The Morgan fingerprint density at radius 3 is 2.57 bits per heavy atom. The van der Waals surface area contributed by atoms with Crippen molar-refractivity contribution in [1.82, 2.24) is 19.3 Å². The van der Waals surface area contributed by atoms with Crippen molar-refractivity contribution in [3.8, 4) is 11.3 Å². The summed E-state index contributed by atoms with van der Waals surface area (Å²) in [4.78, 5) is 16.6. The quantitative estimate of drug-likeness (QED) is 0.707. The van der Waals surface area contributed by atoms with Crippen LogP contribution in [0.2, 0.25) is 0 Å². The number of pyridine rings is 2. The molecule has 0 atom stereocenters. The van der Waals surface area contributed by atoms with E-state index >= 15 is 0 Å². The van der Waals surface area contributed by atoms with Gasteiger partial charge in [-0.2, -0.15) is 5.10 Å². The Bertz CT molecular complexity index is 1230. The molecule has 9 heteroatoms. The fourth-order valence-corrected chi connectivity index (χ4v) is 3.98. The minimum atomic E-state index is -3.51. The third-order valence-corrected chi connectivity index (χ3v) is 5.54. The first-order valence-corrected chi connectivity index (χ1v) is 11.0. The number of anilines is 1. The van der Waals surface area contributed by atoms with Crippen LogP contribution in [0.3, 0.4) is 0 Å². The smallest absolute Gasteiger partial charge is 0.253 e. The van der Waals surface area contributed by atoms with Gasteiger partial charge in [0.2, 0.25) is 10.0 Å². The first-order chi connectivity index (χ1) is 13.1. The summed E-state index contributed by atoms with van der Waals surface area (Å²) in [6.07, 6.45) is 5.19. The molecule has 0 aliphatic heterocycles. The highest BCUT2D eigenvalue weighted by Gasteiger charge is 2.25. The fraction of sp³-hybridized carbons (Fsp3) is 0.421. The van der Waals surface area contributed by atoms with E-state index in [0.29, 0.717) is 22.6 Å². The van der Waals surface area contributed by atoms with E-state index in [2.05, 4.69) is 14.8 Å². The zero-order valence-electron chi connectivity index (χ0n) is 16.4. The van der Waals surface area contributed by atoms with Crippen LogP contribution in [0, 0.1) is 19.8 Å². The summed E-state index contributed by atoms with van der Waals surface area (Å²) in [7, 11) is -1.82. The molecule has 1 saturated carbocycles. The normalized spacial score (nSPS) is 14.6. The molecule has 148 valence electrons. The average molecular weight is 401 g/mol. The molecule has 8 nitrogen and oxygen atoms in total. The van der Waals surface area contributed by atoms with E-state index in [1.54, 1.807) is 26.2 Å². The second-order valence-electron chi connectivity index (χ2n) is 7.66. The van der Waals surface area contributed by atoms with Gasteiger partial charge in [0.25, 0.3) is 5.56 Å². The highest BCUT2D eigenvalue weighted by molar-refractivity contribution is 7.92. The van der Waals surface area contributed by atoms with Gasteiger partial charge in [-0.1, -0.05) is 0 Å². The minimum Gasteiger partial charge on any atom is -0.318 e. The van der Waals surface area contributed by atoms with Crippen molar-refractivity contribution in [3.63, 3.8) is 0 Å². The fourth-order valence-electron chi connectivity index (χ4n) is 3.48. The lowest BCUT2D eigenvalue weighted by atomic mass is 10.1. The Hall–Kier alpha value is -2.68. The lowest BCUT2D eigenvalue weighted by Gasteiger charge is -2.11. The Labute approximate surface area is 163 Å². The number of aromatic nitrogens is 4. The van der Waals surface area contributed by atoms with Gasteiger partial charge in [-0.3, -0.25) is 14.2 Å². The van der Waals surface area contributed by atoms with E-state index in [1.807, 2.05) is 17.7 Å². The van der Waals surface area contributed by atoms with E-state index in [4.69, 9.17) is 0 Å². The second-order valence-corrected chi connectivity index (χ2v) is 9.41. The maximum Gasteiger partial charge on any atom is 0.253 e. The van der Waals surface area contributed by atoms with Crippen molar-refractivity contribution >= 4 is 26.7 Å². The van der Waals surface area contributed by atoms with E-state index in [1.165, 1.54) is 17.4 Å². The number of hydrogen-bond donors (Lipinski definition) is 1. The summed E-state index contributed by atoms with van der Waals surface area (Å²) in [6, 6.07) is 3.69. The summed E-state index contributed by atoms with van der Waals surface area (Å²) < 4.78 is 29.8. The van der Waals surface area contributed by atoms with Gasteiger partial charge in [0.05, 0.1) is 28.5 Å². The van der Waals surface area contributed by atoms with Crippen LogP contribution in [0.15, 0.2) is 23.1 Å². The molecule has 28 heavy (non-hydrogen) atoms. The zero-order chi connectivity index (χ0) is 20.2. The van der Waals surface area contributed by atoms with Crippen LogP contribution in [0.25, 0.3) is 22.2 Å². The summed E-state index contributed by atoms with van der Waals surface area (Å²) in [5, 5.41) is 5.34. The van der Waals surface area contributed by atoms with Gasteiger partial charge in [-0.25, -0.2) is 13.4 Å². The van der Waals surface area contributed by atoms with Crippen molar-refractivity contribution in [2.75, 3.05) is 11.0 Å². The molecular formula is C19H23N5O3S. The predicted molar refractivity (Wildman–Crippen MR) is 109 cm³/mol. The third kappa shape index (κ3) is 3.54. The number of sulfonamides is 1. The number of aryl methyl sites for hydroxylation is 3. The van der Waals surface area contributed by atoms with Gasteiger partial charge < -0.3 is 4.57 Å². The molecule has 0 radical (unpaired) electrons. The molecule has 0 spiro atoms. The number of nitrogens with one attached hydrogen (secondary N) is 1. The first-order valence-electron chi connectivity index (χ1n) is 9.16. The van der Waals surface area contributed by atoms with Crippen LogP contribution in [0.5, 0.6) is 0 Å². The second kappa shape index (κ2) is 6.44. The van der Waals surface area contributed by atoms with Crippen LogP contribution >= 0.6 is 0 Å². The Balaban J connectivity index is 1.97. The summed E-state index contributed by atoms with van der Waals surface area (Å²) in [5.41, 5.74) is 3.44. The minimum absolute atomic E-state index is 0.0751. The Kier molecular flexibility index (Phi) is 4.29. The van der Waals surface area contributed by atoms with Crippen LogP contribution in [0.1, 0.15) is 24.1 Å². The van der Waals surface area contributed by atoms with Crippen molar-refractivity contribution in [2.45, 2.75) is 33.2 Å². The lowest BCUT2D eigenvalue weighted by molar-refractivity contribution is 0.576. The number of hydrogen-bond acceptors (Lipinski definition) is 5. The summed E-state index contributed by atoms with van der Waals surface area (Å²) >= 11 is 0. The van der Waals surface area contributed by atoms with Crippen LogP contribution in [-0.2, 0) is 23.6 Å². The predicted octanol–water partition coefficient (Wildman–Crippen LogP) is 2.20. The molecule has 3 aromatic rings. The molecule has 1 fully saturated rings. The van der Waals surface area contributed by atoms with E-state index in [9.17, 15) is 13.2 Å². The molecule has 1 N–H and O–H groups in total. The van der Waals surface area contributed by atoms with Gasteiger partial charge in [0.1, 0.15) is 0 Å². The highest BCUT2D eigenvalue weighted by Crippen LogP contribution is 2.35. The van der Waals surface area contributed by atoms with E-state index in [0.717, 1.165) is 29.6 Å². The molecule has 0 aromatic carbocycles. The number of fused-ring (bicyclic) bond motifs is 1. The topological polar surface area (TPSA) is 98.9 Å². The average Bonchev–Trinajstić information content (AvgIpc) is 3.34. The summed E-state index contributed by atoms with van der Waals surface area (Å²) in [6.45, 7) is 4.41. The van der Waals surface area contributed by atoms with Crippen LogP contribution in [0.4, 0.5) is 5.82 Å². The molecule has 3 aromatic heterocycles. The van der Waals surface area contributed by atoms with Gasteiger partial charge in [-0.15, -0.1) is 0 Å². The van der Waals surface area contributed by atoms with Gasteiger partial charge in [-0.05, 0) is 44.7 Å². The third-order valence-electron chi connectivity index (χ3n) is 4.98.